The molecule has 0 radical (unpaired) electrons. The summed E-state index contributed by atoms with van der Waals surface area (Å²) < 4.78 is 0. The summed E-state index contributed by atoms with van der Waals surface area (Å²) in [6.45, 7) is 6.21. The quantitative estimate of drug-likeness (QED) is 0.656. The molecule has 0 aliphatic rings. The first-order valence-corrected chi connectivity index (χ1v) is 4.44. The van der Waals surface area contributed by atoms with Crippen molar-refractivity contribution in [3.8, 4) is 5.75 Å². The van der Waals surface area contributed by atoms with Gasteiger partial charge in [-0.1, -0.05) is 18.2 Å². The van der Waals surface area contributed by atoms with E-state index >= 15 is 0 Å². The zero-order chi connectivity index (χ0) is 8.81. The van der Waals surface area contributed by atoms with Crippen molar-refractivity contribution >= 4 is 0 Å². The van der Waals surface area contributed by atoms with Crippen LogP contribution in [0.5, 0.6) is 5.75 Å². The van der Waals surface area contributed by atoms with Crippen molar-refractivity contribution < 1.29 is 9.90 Å². The van der Waals surface area contributed by atoms with Crippen molar-refractivity contribution in [1.82, 2.24) is 0 Å². The van der Waals surface area contributed by atoms with Gasteiger partial charge in [-0.15, -0.1) is 5.06 Å². The summed E-state index contributed by atoms with van der Waals surface area (Å²) in [5.41, 5.74) is 0. The van der Waals surface area contributed by atoms with E-state index in [9.17, 15) is 0 Å². The molecule has 1 rings (SSSR count). The first kappa shape index (κ1) is 9.07. The van der Waals surface area contributed by atoms with Gasteiger partial charge >= 0.3 is 0 Å². The van der Waals surface area contributed by atoms with Crippen molar-refractivity contribution in [2.24, 2.45) is 0 Å². The lowest BCUT2D eigenvalue weighted by atomic mass is 10.3. The Morgan fingerprint density at radius 2 is 1.67 bits per heavy atom. The number of quaternary nitrogens is 1. The van der Waals surface area contributed by atoms with Gasteiger partial charge in [0.1, 0.15) is 13.1 Å². The Balaban J connectivity index is 2.51. The van der Waals surface area contributed by atoms with Crippen LogP contribution in [0.3, 0.4) is 0 Å². The molecule has 66 valence electrons. The van der Waals surface area contributed by atoms with Crippen molar-refractivity contribution in [3.63, 3.8) is 0 Å². The lowest BCUT2D eigenvalue weighted by molar-refractivity contribution is -1.06. The van der Waals surface area contributed by atoms with Gasteiger partial charge < -0.3 is 4.84 Å². The molecule has 0 aromatic heterocycles. The van der Waals surface area contributed by atoms with Crippen molar-refractivity contribution in [3.05, 3.63) is 30.3 Å². The molecule has 0 atom stereocenters. The average Bonchev–Trinajstić information content (AvgIpc) is 2.16. The lowest BCUT2D eigenvalue weighted by Gasteiger charge is -2.13. The van der Waals surface area contributed by atoms with Crippen LogP contribution in [0.4, 0.5) is 0 Å². The maximum atomic E-state index is 5.63. The molecule has 1 aromatic rings. The minimum Gasteiger partial charge on any atom is -0.317 e. The second-order valence-corrected chi connectivity index (χ2v) is 2.66. The van der Waals surface area contributed by atoms with Crippen LogP contribution in [0.1, 0.15) is 13.8 Å². The van der Waals surface area contributed by atoms with E-state index in [1.807, 2.05) is 30.3 Å². The predicted molar refractivity (Wildman–Crippen MR) is 49.1 cm³/mol. The van der Waals surface area contributed by atoms with Crippen LogP contribution < -0.4 is 9.90 Å². The number of para-hydroxylation sites is 1. The van der Waals surface area contributed by atoms with Crippen LogP contribution in [0.25, 0.3) is 0 Å². The fourth-order valence-electron chi connectivity index (χ4n) is 1.05. The summed E-state index contributed by atoms with van der Waals surface area (Å²) in [6.07, 6.45) is 0. The molecule has 0 unspecified atom stereocenters. The van der Waals surface area contributed by atoms with Gasteiger partial charge in [-0.25, -0.2) is 0 Å². The number of nitrogens with one attached hydrogen (secondary N) is 1. The summed E-state index contributed by atoms with van der Waals surface area (Å²) in [5.74, 6) is 0.941. The van der Waals surface area contributed by atoms with Crippen molar-refractivity contribution in [2.45, 2.75) is 13.8 Å². The summed E-state index contributed by atoms with van der Waals surface area (Å²) in [6, 6.07) is 9.91. The molecule has 12 heavy (non-hydrogen) atoms. The van der Waals surface area contributed by atoms with E-state index in [2.05, 4.69) is 13.8 Å². The highest BCUT2D eigenvalue weighted by atomic mass is 16.7. The third-order valence-electron chi connectivity index (χ3n) is 1.79. The maximum absolute atomic E-state index is 5.63. The monoisotopic (exact) mass is 166 g/mol. The van der Waals surface area contributed by atoms with E-state index in [1.54, 1.807) is 0 Å². The van der Waals surface area contributed by atoms with Crippen LogP contribution in [-0.2, 0) is 0 Å². The Kier molecular flexibility index (Phi) is 3.61. The minimum absolute atomic E-state index is 0.941. The third-order valence-corrected chi connectivity index (χ3v) is 1.79. The van der Waals surface area contributed by atoms with E-state index in [4.69, 9.17) is 4.84 Å². The molecule has 1 aromatic carbocycles. The summed E-state index contributed by atoms with van der Waals surface area (Å²) in [5, 5.41) is 1.14. The molecule has 0 saturated heterocycles. The molecular formula is C10H16NO+. The molecule has 1 N–H and O–H groups in total. The van der Waals surface area contributed by atoms with Gasteiger partial charge in [-0.3, -0.25) is 0 Å². The minimum atomic E-state index is 0.941. The van der Waals surface area contributed by atoms with Crippen molar-refractivity contribution in [1.29, 1.82) is 0 Å². The van der Waals surface area contributed by atoms with Gasteiger partial charge in [0.25, 0.3) is 0 Å². The van der Waals surface area contributed by atoms with Gasteiger partial charge in [0.15, 0.2) is 5.75 Å². The molecular weight excluding hydrogens is 150 g/mol. The molecule has 0 saturated carbocycles. The van der Waals surface area contributed by atoms with E-state index in [0.29, 0.717) is 0 Å². The number of hydroxylamine groups is 2. The van der Waals surface area contributed by atoms with E-state index in [0.717, 1.165) is 23.9 Å². The second kappa shape index (κ2) is 4.78. The highest BCUT2D eigenvalue weighted by molar-refractivity contribution is 5.19. The Bertz CT molecular complexity index is 206. The normalized spacial score (nSPS) is 10.2. The zero-order valence-corrected chi connectivity index (χ0v) is 7.71. The first-order valence-electron chi connectivity index (χ1n) is 4.44. The van der Waals surface area contributed by atoms with E-state index in [-0.39, 0.29) is 0 Å². The third kappa shape index (κ3) is 2.55. The van der Waals surface area contributed by atoms with E-state index in [1.165, 1.54) is 0 Å². The molecule has 0 aliphatic heterocycles. The molecule has 0 spiro atoms. The molecule has 0 bridgehead atoms. The van der Waals surface area contributed by atoms with Crippen LogP contribution >= 0.6 is 0 Å². The molecule has 0 heterocycles. The summed E-state index contributed by atoms with van der Waals surface area (Å²) >= 11 is 0. The fraction of sp³-hybridized carbons (Fsp3) is 0.400. The van der Waals surface area contributed by atoms with Gasteiger partial charge in [-0.05, 0) is 26.0 Å². The number of hydrogen-bond acceptors (Lipinski definition) is 1. The maximum Gasteiger partial charge on any atom is 0.190 e. The van der Waals surface area contributed by atoms with Crippen LogP contribution in [0.15, 0.2) is 30.3 Å². The highest BCUT2D eigenvalue weighted by Gasteiger charge is 2.03. The van der Waals surface area contributed by atoms with Gasteiger partial charge in [0.2, 0.25) is 0 Å². The van der Waals surface area contributed by atoms with Crippen LogP contribution in [0, 0.1) is 0 Å². The first-order chi connectivity index (χ1) is 5.86. The Morgan fingerprint density at radius 3 is 2.17 bits per heavy atom. The van der Waals surface area contributed by atoms with Gasteiger partial charge in [-0.2, -0.15) is 0 Å². The molecule has 0 fully saturated rings. The Morgan fingerprint density at radius 1 is 1.08 bits per heavy atom. The largest absolute Gasteiger partial charge is 0.317 e. The predicted octanol–water partition coefficient (Wildman–Crippen LogP) is 0.905. The van der Waals surface area contributed by atoms with Crippen LogP contribution in [-0.4, -0.2) is 13.1 Å². The smallest absolute Gasteiger partial charge is 0.190 e. The number of rotatable bonds is 4. The Hall–Kier alpha value is -1.02. The van der Waals surface area contributed by atoms with Crippen molar-refractivity contribution in [2.75, 3.05) is 13.1 Å². The second-order valence-electron chi connectivity index (χ2n) is 2.66. The van der Waals surface area contributed by atoms with Gasteiger partial charge in [0.05, 0.1) is 0 Å². The molecule has 0 aliphatic carbocycles. The zero-order valence-electron chi connectivity index (χ0n) is 7.71. The van der Waals surface area contributed by atoms with Crippen LogP contribution in [0.2, 0.25) is 0 Å². The molecule has 2 heteroatoms. The molecule has 0 amide bonds. The van der Waals surface area contributed by atoms with Gasteiger partial charge in [0, 0.05) is 0 Å². The number of benzene rings is 1. The van der Waals surface area contributed by atoms with E-state index < -0.39 is 0 Å². The molecule has 2 nitrogen and oxygen atoms in total. The standard InChI is InChI=1S/C10H15NO/c1-3-11(4-2)12-10-8-6-5-7-9-10/h5-9H,3-4H2,1-2H3/p+1. The Labute approximate surface area is 73.7 Å². The topological polar surface area (TPSA) is 13.7 Å². The lowest BCUT2D eigenvalue weighted by Crippen LogP contribution is -3.13. The SMILES string of the molecule is CC[NH+](CC)Oc1ccccc1. The summed E-state index contributed by atoms with van der Waals surface area (Å²) in [4.78, 5) is 5.63. The highest BCUT2D eigenvalue weighted by Crippen LogP contribution is 2.04. The summed E-state index contributed by atoms with van der Waals surface area (Å²) in [7, 11) is 0. The average molecular weight is 166 g/mol. The fourth-order valence-corrected chi connectivity index (χ4v) is 1.05. The number of hydrogen-bond donors (Lipinski definition) is 1.